The molecule has 7 heteroatoms. The van der Waals surface area contributed by atoms with E-state index in [1.54, 1.807) is 0 Å². The van der Waals surface area contributed by atoms with E-state index in [2.05, 4.69) is 15.0 Å². The highest BCUT2D eigenvalue weighted by molar-refractivity contribution is 5.87. The van der Waals surface area contributed by atoms with Crippen LogP contribution in [-0.4, -0.2) is 51.9 Å². The van der Waals surface area contributed by atoms with Crippen molar-refractivity contribution in [3.63, 3.8) is 0 Å². The predicted octanol–water partition coefficient (Wildman–Crippen LogP) is 1.54. The molecule has 3 rings (SSSR count). The fourth-order valence-corrected chi connectivity index (χ4v) is 2.55. The van der Waals surface area contributed by atoms with E-state index in [1.807, 2.05) is 0 Å². The molecule has 0 saturated carbocycles. The monoisotopic (exact) mass is 321 g/mol. The summed E-state index contributed by atoms with van der Waals surface area (Å²) in [7, 11) is 1.33. The summed E-state index contributed by atoms with van der Waals surface area (Å²) in [6, 6.07) is -1.11. The molecule has 3 heterocycles. The number of aromatic amines is 1. The van der Waals surface area contributed by atoms with Gasteiger partial charge in [0.2, 0.25) is 5.91 Å². The number of likely N-dealkylation sites (N-methyl/N-ethyl adjacent to an activating group) is 1. The molecule has 7 nitrogen and oxygen atoms in total. The molecule has 1 amide bonds. The first-order valence-corrected chi connectivity index (χ1v) is 6.91. The number of carbonyl (C=O) groups is 1. The maximum absolute atomic E-state index is 12.5. The molecule has 0 radical (unpaired) electrons. The smallest absolute Gasteiger partial charge is 0.236 e. The first-order valence-electron chi connectivity index (χ1n) is 11.4. The molecule has 0 aliphatic carbocycles. The standard InChI is InChI=1S/C16H20N6O/c1-11-5-8-22(14(23)3-6-17)9-13(11)21(2)16-12-4-7-18-15(12)19-10-20-16/h4,7,10-11,13H,3,5,8-9H2,1-2H3,(H,18,19,20)/t11-,13+/m1/s1/i1D3,3D2,4D,7D,10D,13D. The highest BCUT2D eigenvalue weighted by atomic mass is 16.2. The number of likely N-dealkylation sites (tertiary alicyclic amines) is 1. The summed E-state index contributed by atoms with van der Waals surface area (Å²) in [6.45, 7) is -3.35. The van der Waals surface area contributed by atoms with Crippen LogP contribution in [0.3, 0.4) is 0 Å². The Hall–Kier alpha value is -2.62. The van der Waals surface area contributed by atoms with E-state index in [-0.39, 0.29) is 42.0 Å². The number of fused-ring (bicyclic) bond motifs is 1. The second kappa shape index (κ2) is 6.24. The van der Waals surface area contributed by atoms with Gasteiger partial charge in [-0.2, -0.15) is 5.26 Å². The molecule has 2 atom stereocenters. The Bertz CT molecular complexity index is 1110. The van der Waals surface area contributed by atoms with Crippen LogP contribution in [0.25, 0.3) is 11.0 Å². The molecule has 2 aromatic rings. The van der Waals surface area contributed by atoms with E-state index in [0.29, 0.717) is 0 Å². The molecular formula is C16H20N6O. The molecule has 1 N–H and O–H groups in total. The van der Waals surface area contributed by atoms with Gasteiger partial charge < -0.3 is 14.8 Å². The minimum Gasteiger partial charge on any atom is -0.354 e. The molecule has 1 aliphatic heterocycles. The van der Waals surface area contributed by atoms with Crippen LogP contribution in [0.2, 0.25) is 0 Å². The van der Waals surface area contributed by atoms with Crippen molar-refractivity contribution in [3.8, 4) is 6.07 Å². The number of hydrogen-bond donors (Lipinski definition) is 1. The average molecular weight is 321 g/mol. The Balaban J connectivity index is 2.15. The number of nitriles is 1. The van der Waals surface area contributed by atoms with Gasteiger partial charge in [0.05, 0.1) is 24.3 Å². The molecular weight excluding hydrogens is 292 g/mol. The Morgan fingerprint density at radius 2 is 2.65 bits per heavy atom. The summed E-state index contributed by atoms with van der Waals surface area (Å²) in [6.07, 6.45) is -3.81. The van der Waals surface area contributed by atoms with E-state index in [0.717, 1.165) is 9.80 Å². The van der Waals surface area contributed by atoms with Crippen LogP contribution in [0.1, 0.15) is 32.0 Å². The average Bonchev–Trinajstić information content (AvgIpc) is 2.98. The zero-order chi connectivity index (χ0) is 24.2. The number of nitrogens with zero attached hydrogens (tertiary/aromatic N) is 5. The molecule has 1 saturated heterocycles. The molecule has 0 spiro atoms. The van der Waals surface area contributed by atoms with Gasteiger partial charge in [0.15, 0.2) is 0 Å². The van der Waals surface area contributed by atoms with Gasteiger partial charge >= 0.3 is 0 Å². The molecule has 1 aliphatic rings. The lowest BCUT2D eigenvalue weighted by molar-refractivity contribution is -0.131. The van der Waals surface area contributed by atoms with Gasteiger partial charge in [-0.1, -0.05) is 6.85 Å². The Morgan fingerprint density at radius 1 is 1.78 bits per heavy atom. The van der Waals surface area contributed by atoms with Gasteiger partial charge in [-0.3, -0.25) is 4.79 Å². The minimum absolute atomic E-state index is 0.000407. The number of amides is 1. The van der Waals surface area contributed by atoms with Crippen molar-refractivity contribution in [3.05, 3.63) is 18.5 Å². The van der Waals surface area contributed by atoms with E-state index in [4.69, 9.17) is 17.6 Å². The molecule has 23 heavy (non-hydrogen) atoms. The molecule has 2 aromatic heterocycles. The number of nitrogens with one attached hydrogen (secondary N) is 1. The van der Waals surface area contributed by atoms with E-state index in [1.165, 1.54) is 13.1 Å². The summed E-state index contributed by atoms with van der Waals surface area (Å²) >= 11 is 0. The van der Waals surface area contributed by atoms with Crippen LogP contribution in [-0.2, 0) is 4.79 Å². The number of rotatable bonds is 3. The molecule has 0 unspecified atom stereocenters. The zero-order valence-corrected chi connectivity index (χ0v) is 12.3. The number of piperidine rings is 1. The number of hydrogen-bond acceptors (Lipinski definition) is 5. The fraction of sp³-hybridized carbons (Fsp3) is 0.500. The van der Waals surface area contributed by atoms with Crippen LogP contribution in [0.5, 0.6) is 0 Å². The molecule has 0 bridgehead atoms. The van der Waals surface area contributed by atoms with Crippen molar-refractivity contribution in [2.45, 2.75) is 25.7 Å². The van der Waals surface area contributed by atoms with Crippen molar-refractivity contribution >= 4 is 22.8 Å². The van der Waals surface area contributed by atoms with E-state index < -0.39 is 43.9 Å². The predicted molar refractivity (Wildman–Crippen MR) is 86.7 cm³/mol. The summed E-state index contributed by atoms with van der Waals surface area (Å²) in [5, 5.41) is 8.99. The van der Waals surface area contributed by atoms with Crippen LogP contribution in [0.4, 0.5) is 5.82 Å². The lowest BCUT2D eigenvalue weighted by Gasteiger charge is -2.42. The summed E-state index contributed by atoms with van der Waals surface area (Å²) in [5.41, 5.74) is 0.000407. The van der Waals surface area contributed by atoms with Gasteiger partial charge in [0, 0.05) is 30.4 Å². The second-order valence-corrected chi connectivity index (χ2v) is 5.10. The van der Waals surface area contributed by atoms with Crippen LogP contribution in [0.15, 0.2) is 18.5 Å². The Kier molecular flexibility index (Phi) is 2.11. The first kappa shape index (κ1) is 7.77. The lowest BCUT2D eigenvalue weighted by Crippen LogP contribution is -2.52. The van der Waals surface area contributed by atoms with Crippen molar-refractivity contribution in [2.24, 2.45) is 5.92 Å². The number of aromatic nitrogens is 3. The lowest BCUT2D eigenvalue weighted by atomic mass is 9.92. The third-order valence-corrected chi connectivity index (χ3v) is 3.79. The first-order chi connectivity index (χ1) is 14.6. The van der Waals surface area contributed by atoms with Crippen molar-refractivity contribution in [1.29, 1.82) is 5.26 Å². The maximum atomic E-state index is 12.5. The van der Waals surface area contributed by atoms with Crippen molar-refractivity contribution < 1.29 is 17.1 Å². The molecule has 0 aromatic carbocycles. The minimum atomic E-state index is -2.85. The zero-order valence-electron chi connectivity index (χ0n) is 21.3. The molecule has 120 valence electrons. The third kappa shape index (κ3) is 2.84. The number of H-pyrrole nitrogens is 1. The fourth-order valence-electron chi connectivity index (χ4n) is 2.55. The van der Waals surface area contributed by atoms with Gasteiger partial charge in [0.1, 0.15) is 25.5 Å². The third-order valence-electron chi connectivity index (χ3n) is 3.79. The maximum Gasteiger partial charge on any atom is 0.236 e. The largest absolute Gasteiger partial charge is 0.354 e. The Morgan fingerprint density at radius 3 is 3.43 bits per heavy atom. The van der Waals surface area contributed by atoms with Gasteiger partial charge in [-0.15, -0.1) is 0 Å². The van der Waals surface area contributed by atoms with Crippen molar-refractivity contribution in [1.82, 2.24) is 19.9 Å². The molecule has 1 fully saturated rings. The van der Waals surface area contributed by atoms with Gasteiger partial charge in [-0.05, 0) is 18.4 Å². The van der Waals surface area contributed by atoms with Crippen LogP contribution in [0, 0.1) is 17.2 Å². The number of anilines is 1. The van der Waals surface area contributed by atoms with Crippen molar-refractivity contribution in [2.75, 3.05) is 25.0 Å². The van der Waals surface area contributed by atoms with Gasteiger partial charge in [-0.25, -0.2) is 9.97 Å². The number of carbonyl (C=O) groups excluding carboxylic acids is 1. The summed E-state index contributed by atoms with van der Waals surface area (Å²) < 4.78 is 71.9. The summed E-state index contributed by atoms with van der Waals surface area (Å²) in [5.74, 6) is -2.62. The highest BCUT2D eigenvalue weighted by Crippen LogP contribution is 2.28. The van der Waals surface area contributed by atoms with E-state index >= 15 is 0 Å². The SMILES string of the molecule is [2H]c1nc(N(C)[C@@]2([2H])CN(C(=O)C([2H])([2H])C#N)CC[C@H]2C([2H])([2H])[2H])c2c([2H])c([2H])[nH]c2n1. The quantitative estimate of drug-likeness (QED) is 0.926. The van der Waals surface area contributed by atoms with Gasteiger partial charge in [0.25, 0.3) is 0 Å². The Labute approximate surface area is 147 Å². The van der Waals surface area contributed by atoms with Crippen LogP contribution < -0.4 is 4.90 Å². The topological polar surface area (TPSA) is 88.9 Å². The highest BCUT2D eigenvalue weighted by Gasteiger charge is 2.32. The van der Waals surface area contributed by atoms with E-state index in [9.17, 15) is 4.79 Å². The van der Waals surface area contributed by atoms with Crippen LogP contribution >= 0.6 is 0 Å². The second-order valence-electron chi connectivity index (χ2n) is 5.10. The summed E-state index contributed by atoms with van der Waals surface area (Å²) in [4.78, 5) is 24.9. The normalized spacial score (nSPS) is 31.2.